The van der Waals surface area contributed by atoms with E-state index in [2.05, 4.69) is 10.3 Å². The van der Waals surface area contributed by atoms with E-state index in [1.807, 2.05) is 0 Å². The molecule has 1 heterocycles. The van der Waals surface area contributed by atoms with Gasteiger partial charge in [-0.25, -0.2) is 9.37 Å². The van der Waals surface area contributed by atoms with Gasteiger partial charge < -0.3 is 5.32 Å². The van der Waals surface area contributed by atoms with Crippen LogP contribution in [0.25, 0.3) is 0 Å². The molecule has 2 aromatic rings. The van der Waals surface area contributed by atoms with Gasteiger partial charge in [0.1, 0.15) is 5.82 Å². The van der Waals surface area contributed by atoms with Crippen LogP contribution in [0.3, 0.4) is 0 Å². The molecule has 21 heavy (non-hydrogen) atoms. The highest BCUT2D eigenvalue weighted by Gasteiger charge is 2.35. The van der Waals surface area contributed by atoms with Crippen LogP contribution in [0.1, 0.15) is 15.9 Å². The Morgan fingerprint density at radius 3 is 2.62 bits per heavy atom. The summed E-state index contributed by atoms with van der Waals surface area (Å²) in [6.07, 6.45) is -3.21. The van der Waals surface area contributed by atoms with Crippen LogP contribution >= 0.6 is 23.1 Å². The summed E-state index contributed by atoms with van der Waals surface area (Å²) in [7, 11) is 1.65. The Kier molecular flexibility index (Phi) is 5.23. The average Bonchev–Trinajstić information content (AvgIpc) is 2.91. The minimum Gasteiger partial charge on any atom is -0.312 e. The Hall–Kier alpha value is -1.12. The lowest BCUT2D eigenvalue weighted by atomic mass is 10.3. The molecule has 2 rings (SSSR count). The standard InChI is InChI=1S/C13H12F4N2S2/c1-18-9(7-20-10-5-3-2-4-8(10)14)11-6-19-12(21-11)13(15,16)17/h2-6,9,18H,7H2,1H3. The van der Waals surface area contributed by atoms with Crippen molar-refractivity contribution in [3.8, 4) is 0 Å². The fourth-order valence-corrected chi connectivity index (χ4v) is 3.69. The van der Waals surface area contributed by atoms with Gasteiger partial charge in [0, 0.05) is 21.7 Å². The fourth-order valence-electron chi connectivity index (χ4n) is 1.62. The van der Waals surface area contributed by atoms with Gasteiger partial charge in [-0.15, -0.1) is 23.1 Å². The number of rotatable bonds is 5. The number of nitrogens with zero attached hydrogens (tertiary/aromatic N) is 1. The van der Waals surface area contributed by atoms with Gasteiger partial charge in [0.15, 0.2) is 5.01 Å². The molecule has 1 atom stereocenters. The Labute approximate surface area is 127 Å². The molecule has 0 saturated carbocycles. The van der Waals surface area contributed by atoms with Gasteiger partial charge in [0.05, 0.1) is 6.04 Å². The molecule has 0 aliphatic carbocycles. The van der Waals surface area contributed by atoms with Crippen molar-refractivity contribution in [2.45, 2.75) is 17.1 Å². The molecule has 2 nitrogen and oxygen atoms in total. The summed E-state index contributed by atoms with van der Waals surface area (Å²) in [5.74, 6) is 0.0781. The Morgan fingerprint density at radius 1 is 1.33 bits per heavy atom. The van der Waals surface area contributed by atoms with Crippen LogP contribution < -0.4 is 5.32 Å². The summed E-state index contributed by atoms with van der Waals surface area (Å²) in [5.41, 5.74) is 0. The number of aromatic nitrogens is 1. The lowest BCUT2D eigenvalue weighted by Gasteiger charge is -2.13. The number of hydrogen-bond acceptors (Lipinski definition) is 4. The third-order valence-corrected chi connectivity index (χ3v) is 5.00. The van der Waals surface area contributed by atoms with Gasteiger partial charge in [0.2, 0.25) is 0 Å². The molecule has 0 amide bonds. The molecule has 0 bridgehead atoms. The molecule has 0 spiro atoms. The van der Waals surface area contributed by atoms with Crippen molar-refractivity contribution < 1.29 is 17.6 Å². The summed E-state index contributed by atoms with van der Waals surface area (Å²) in [6, 6.07) is 5.98. The van der Waals surface area contributed by atoms with E-state index in [-0.39, 0.29) is 11.9 Å². The van der Waals surface area contributed by atoms with Crippen LogP contribution in [-0.2, 0) is 6.18 Å². The molecule has 1 aromatic carbocycles. The zero-order chi connectivity index (χ0) is 15.5. The summed E-state index contributed by atoms with van der Waals surface area (Å²) >= 11 is 1.86. The molecule has 114 valence electrons. The van der Waals surface area contributed by atoms with Crippen molar-refractivity contribution in [2.75, 3.05) is 12.8 Å². The van der Waals surface area contributed by atoms with Crippen molar-refractivity contribution in [1.29, 1.82) is 0 Å². The van der Waals surface area contributed by atoms with Crippen LogP contribution in [0.4, 0.5) is 17.6 Å². The quantitative estimate of drug-likeness (QED) is 0.649. The van der Waals surface area contributed by atoms with Crippen LogP contribution in [-0.4, -0.2) is 17.8 Å². The Balaban J connectivity index is 2.07. The maximum absolute atomic E-state index is 13.5. The second-order valence-electron chi connectivity index (χ2n) is 4.15. The van der Waals surface area contributed by atoms with E-state index < -0.39 is 11.2 Å². The maximum atomic E-state index is 13.5. The van der Waals surface area contributed by atoms with E-state index in [1.165, 1.54) is 24.0 Å². The third kappa shape index (κ3) is 4.18. The third-order valence-electron chi connectivity index (χ3n) is 2.70. The van der Waals surface area contributed by atoms with E-state index in [4.69, 9.17) is 0 Å². The number of nitrogens with one attached hydrogen (secondary N) is 1. The molecular weight excluding hydrogens is 324 g/mol. The Morgan fingerprint density at radius 2 is 2.05 bits per heavy atom. The first-order chi connectivity index (χ1) is 9.91. The smallest absolute Gasteiger partial charge is 0.312 e. The maximum Gasteiger partial charge on any atom is 0.443 e. The van der Waals surface area contributed by atoms with Crippen molar-refractivity contribution in [3.63, 3.8) is 0 Å². The minimum absolute atomic E-state index is 0.316. The molecule has 1 N–H and O–H groups in total. The summed E-state index contributed by atoms with van der Waals surface area (Å²) in [5, 5.41) is 2.07. The molecule has 0 aliphatic rings. The van der Waals surface area contributed by atoms with Crippen molar-refractivity contribution in [1.82, 2.24) is 10.3 Å². The fraction of sp³-hybridized carbons (Fsp3) is 0.308. The number of alkyl halides is 3. The van der Waals surface area contributed by atoms with Gasteiger partial charge >= 0.3 is 6.18 Å². The van der Waals surface area contributed by atoms with Gasteiger partial charge in [-0.2, -0.15) is 13.2 Å². The number of halogens is 4. The first-order valence-corrected chi connectivity index (χ1v) is 7.79. The predicted octanol–water partition coefficient (Wildman–Crippen LogP) is 4.35. The average molecular weight is 336 g/mol. The minimum atomic E-state index is -4.43. The monoisotopic (exact) mass is 336 g/mol. The van der Waals surface area contributed by atoms with Crippen molar-refractivity contribution in [2.24, 2.45) is 0 Å². The van der Waals surface area contributed by atoms with Gasteiger partial charge in [-0.05, 0) is 19.2 Å². The topological polar surface area (TPSA) is 24.9 Å². The zero-order valence-corrected chi connectivity index (χ0v) is 12.6. The van der Waals surface area contributed by atoms with E-state index in [1.54, 1.807) is 25.2 Å². The van der Waals surface area contributed by atoms with E-state index in [0.717, 1.165) is 0 Å². The van der Waals surface area contributed by atoms with Crippen LogP contribution in [0, 0.1) is 5.82 Å². The Bertz CT molecular complexity index is 598. The number of benzene rings is 1. The van der Waals surface area contributed by atoms with E-state index in [9.17, 15) is 17.6 Å². The molecular formula is C13H12F4N2S2. The first-order valence-electron chi connectivity index (χ1n) is 5.99. The predicted molar refractivity (Wildman–Crippen MR) is 76.0 cm³/mol. The lowest BCUT2D eigenvalue weighted by molar-refractivity contribution is -0.137. The van der Waals surface area contributed by atoms with E-state index >= 15 is 0 Å². The van der Waals surface area contributed by atoms with Crippen LogP contribution in [0.5, 0.6) is 0 Å². The highest BCUT2D eigenvalue weighted by Crippen LogP contribution is 2.35. The summed E-state index contributed by atoms with van der Waals surface area (Å²) in [6.45, 7) is 0. The van der Waals surface area contributed by atoms with Crippen LogP contribution in [0.15, 0.2) is 35.4 Å². The van der Waals surface area contributed by atoms with Gasteiger partial charge in [-0.3, -0.25) is 0 Å². The number of thioether (sulfide) groups is 1. The first kappa shape index (κ1) is 16.3. The molecule has 0 aliphatic heterocycles. The van der Waals surface area contributed by atoms with Gasteiger partial charge in [-0.1, -0.05) is 12.1 Å². The SMILES string of the molecule is CNC(CSc1ccccc1F)c1cnc(C(F)(F)F)s1. The van der Waals surface area contributed by atoms with Gasteiger partial charge in [0.25, 0.3) is 0 Å². The highest BCUT2D eigenvalue weighted by atomic mass is 32.2. The largest absolute Gasteiger partial charge is 0.443 e. The lowest BCUT2D eigenvalue weighted by Crippen LogP contribution is -2.17. The molecule has 8 heteroatoms. The molecule has 0 saturated heterocycles. The normalized spacial score (nSPS) is 13.4. The van der Waals surface area contributed by atoms with Crippen molar-refractivity contribution in [3.05, 3.63) is 46.2 Å². The summed E-state index contributed by atoms with van der Waals surface area (Å²) in [4.78, 5) is 4.35. The van der Waals surface area contributed by atoms with E-state index in [0.29, 0.717) is 26.9 Å². The highest BCUT2D eigenvalue weighted by molar-refractivity contribution is 7.99. The van der Waals surface area contributed by atoms with Crippen molar-refractivity contribution >= 4 is 23.1 Å². The zero-order valence-electron chi connectivity index (χ0n) is 10.9. The molecule has 1 unspecified atom stereocenters. The molecule has 1 aromatic heterocycles. The number of hydrogen-bond donors (Lipinski definition) is 1. The molecule has 0 fully saturated rings. The second-order valence-corrected chi connectivity index (χ2v) is 6.27. The summed E-state index contributed by atoms with van der Waals surface area (Å²) < 4.78 is 51.1. The van der Waals surface area contributed by atoms with Crippen LogP contribution in [0.2, 0.25) is 0 Å². The second kappa shape index (κ2) is 6.76. The molecule has 0 radical (unpaired) electrons. The number of thiazole rings is 1.